The number of carbonyl (C=O) groups excluding carboxylic acids is 7. The van der Waals surface area contributed by atoms with Crippen molar-refractivity contribution in [3.8, 4) is 0 Å². The van der Waals surface area contributed by atoms with Gasteiger partial charge < -0.3 is 24.8 Å². The Morgan fingerprint density at radius 3 is 1.93 bits per heavy atom. The van der Waals surface area contributed by atoms with Crippen molar-refractivity contribution < 1.29 is 52.2 Å². The Morgan fingerprint density at radius 2 is 1.37 bits per heavy atom. The van der Waals surface area contributed by atoms with Crippen molar-refractivity contribution in [2.75, 3.05) is 20.9 Å². The highest BCUT2D eigenvalue weighted by Crippen LogP contribution is 2.19. The van der Waals surface area contributed by atoms with E-state index in [0.717, 1.165) is 12.7 Å². The third-order valence-electron chi connectivity index (χ3n) is 6.76. The summed E-state index contributed by atoms with van der Waals surface area (Å²) in [6, 6.07) is 6.73. The molecule has 238 valence electrons. The van der Waals surface area contributed by atoms with Crippen molar-refractivity contribution in [2.45, 2.75) is 71.6 Å². The summed E-state index contributed by atoms with van der Waals surface area (Å²) < 4.78 is 27.4. The molecule has 0 aromatic heterocycles. The number of Topliss-reactive ketones (excluding diaryl/α,β-unsaturated/α-hetero) is 3. The molecule has 0 heterocycles. The Kier molecular flexibility index (Phi) is 16.4. The van der Waals surface area contributed by atoms with Crippen molar-refractivity contribution in [1.82, 2.24) is 10.6 Å². The van der Waals surface area contributed by atoms with Crippen LogP contribution in [0.25, 0.3) is 0 Å². The van der Waals surface area contributed by atoms with E-state index in [1.807, 2.05) is 6.07 Å². The number of hydrogen-bond donors (Lipinski definition) is 2. The molecule has 0 fully saturated rings. The molecule has 1 rings (SSSR count). The zero-order valence-corrected chi connectivity index (χ0v) is 25.2. The van der Waals surface area contributed by atoms with E-state index in [0.29, 0.717) is 0 Å². The molecule has 12 nitrogen and oxygen atoms in total. The molecular weight excluding hydrogens is 567 g/mol. The second-order valence-electron chi connectivity index (χ2n) is 10.4. The lowest BCUT2D eigenvalue weighted by Gasteiger charge is -2.26. The van der Waals surface area contributed by atoms with Crippen molar-refractivity contribution in [2.24, 2.45) is 17.8 Å². The molecular formula is C30H41FN2O10. The van der Waals surface area contributed by atoms with E-state index < -0.39 is 90.6 Å². The monoisotopic (exact) mass is 608 g/mol. The molecule has 0 saturated heterocycles. The molecule has 2 amide bonds. The maximum absolute atomic E-state index is 13.3. The highest BCUT2D eigenvalue weighted by Gasteiger charge is 2.33. The predicted octanol–water partition coefficient (Wildman–Crippen LogP) is 2.65. The lowest BCUT2D eigenvalue weighted by atomic mass is 9.87. The van der Waals surface area contributed by atoms with Gasteiger partial charge in [-0.25, -0.2) is 9.18 Å². The first-order valence-electron chi connectivity index (χ1n) is 13.9. The Labute approximate surface area is 250 Å². The van der Waals surface area contributed by atoms with Crippen molar-refractivity contribution in [3.05, 3.63) is 35.9 Å². The number of esters is 2. The van der Waals surface area contributed by atoms with Gasteiger partial charge in [-0.1, -0.05) is 44.2 Å². The molecule has 0 saturated carbocycles. The van der Waals surface area contributed by atoms with E-state index in [1.54, 1.807) is 38.1 Å². The number of ketones is 3. The number of hydrogen-bond acceptors (Lipinski definition) is 10. The van der Waals surface area contributed by atoms with Crippen LogP contribution in [0.1, 0.15) is 58.4 Å². The molecule has 4 atom stereocenters. The summed E-state index contributed by atoms with van der Waals surface area (Å²) in [6.45, 7) is 3.30. The number of alkyl halides is 1. The molecule has 1 aromatic carbocycles. The quantitative estimate of drug-likeness (QED) is 0.176. The van der Waals surface area contributed by atoms with Crippen LogP contribution < -0.4 is 10.6 Å². The van der Waals surface area contributed by atoms with Gasteiger partial charge in [0, 0.05) is 31.1 Å². The average Bonchev–Trinajstić information content (AvgIpc) is 2.99. The van der Waals surface area contributed by atoms with Crippen molar-refractivity contribution in [1.29, 1.82) is 0 Å². The first kappa shape index (κ1) is 36.9. The summed E-state index contributed by atoms with van der Waals surface area (Å²) in [5, 5.41) is 5.00. The SMILES string of the molecule is COC(=O)CCC(CC(=O)[C@H](C)NC(=O)OCc1ccccc1)C(=O)N[C@H](C(=O)C[C@@H](CC(=O)OC)C(=O)CF)C(C)C. The summed E-state index contributed by atoms with van der Waals surface area (Å²) in [5.74, 6) is -7.05. The van der Waals surface area contributed by atoms with Gasteiger partial charge >= 0.3 is 18.0 Å². The van der Waals surface area contributed by atoms with Crippen LogP contribution in [0.15, 0.2) is 30.3 Å². The minimum absolute atomic E-state index is 0.0141. The van der Waals surface area contributed by atoms with Crippen LogP contribution in [0.2, 0.25) is 0 Å². The Bertz CT molecular complexity index is 1130. The molecule has 0 bridgehead atoms. The summed E-state index contributed by atoms with van der Waals surface area (Å²) in [4.78, 5) is 87.1. The summed E-state index contributed by atoms with van der Waals surface area (Å²) in [7, 11) is 2.27. The zero-order chi connectivity index (χ0) is 32.5. The van der Waals surface area contributed by atoms with E-state index in [-0.39, 0.29) is 25.9 Å². The predicted molar refractivity (Wildman–Crippen MR) is 151 cm³/mol. The normalized spacial score (nSPS) is 13.6. The number of nitrogens with one attached hydrogen (secondary N) is 2. The van der Waals surface area contributed by atoms with Gasteiger partial charge in [-0.05, 0) is 24.8 Å². The smallest absolute Gasteiger partial charge is 0.408 e. The Hall–Kier alpha value is -4.16. The number of rotatable bonds is 19. The topological polar surface area (TPSA) is 171 Å². The van der Waals surface area contributed by atoms with Crippen LogP contribution in [-0.2, 0) is 49.6 Å². The van der Waals surface area contributed by atoms with E-state index in [9.17, 15) is 38.0 Å². The van der Waals surface area contributed by atoms with Crippen LogP contribution in [-0.4, -0.2) is 74.3 Å². The first-order chi connectivity index (χ1) is 20.3. The Morgan fingerprint density at radius 1 is 0.767 bits per heavy atom. The Balaban J connectivity index is 2.96. The largest absolute Gasteiger partial charge is 0.469 e. The van der Waals surface area contributed by atoms with E-state index in [4.69, 9.17) is 4.74 Å². The van der Waals surface area contributed by atoms with Gasteiger partial charge in [-0.15, -0.1) is 0 Å². The van der Waals surface area contributed by atoms with Gasteiger partial charge in [-0.3, -0.25) is 28.8 Å². The number of ether oxygens (including phenoxy) is 3. The fraction of sp³-hybridized carbons (Fsp3) is 0.567. The molecule has 0 aliphatic carbocycles. The number of amides is 2. The first-order valence-corrected chi connectivity index (χ1v) is 13.9. The summed E-state index contributed by atoms with van der Waals surface area (Å²) in [6.07, 6.45) is -2.53. The number of alkyl carbamates (subject to hydrolysis) is 1. The fourth-order valence-corrected chi connectivity index (χ4v) is 4.12. The fourth-order valence-electron chi connectivity index (χ4n) is 4.12. The highest BCUT2D eigenvalue weighted by molar-refractivity contribution is 5.96. The third kappa shape index (κ3) is 13.6. The highest BCUT2D eigenvalue weighted by atomic mass is 19.1. The molecule has 43 heavy (non-hydrogen) atoms. The summed E-state index contributed by atoms with van der Waals surface area (Å²) >= 11 is 0. The van der Waals surface area contributed by atoms with Crippen molar-refractivity contribution in [3.63, 3.8) is 0 Å². The van der Waals surface area contributed by atoms with Crippen LogP contribution >= 0.6 is 0 Å². The molecule has 1 aromatic rings. The van der Waals surface area contributed by atoms with E-state index in [2.05, 4.69) is 20.1 Å². The third-order valence-corrected chi connectivity index (χ3v) is 6.76. The number of methoxy groups -OCH3 is 2. The summed E-state index contributed by atoms with van der Waals surface area (Å²) in [5.41, 5.74) is 0.746. The number of benzene rings is 1. The maximum atomic E-state index is 13.3. The van der Waals surface area contributed by atoms with E-state index >= 15 is 0 Å². The molecule has 13 heteroatoms. The minimum Gasteiger partial charge on any atom is -0.469 e. The average molecular weight is 609 g/mol. The zero-order valence-electron chi connectivity index (χ0n) is 25.2. The maximum Gasteiger partial charge on any atom is 0.408 e. The lowest BCUT2D eigenvalue weighted by molar-refractivity contribution is -0.145. The van der Waals surface area contributed by atoms with Gasteiger partial charge in [0.1, 0.15) is 13.3 Å². The molecule has 0 radical (unpaired) electrons. The minimum atomic E-state index is -1.38. The molecule has 1 unspecified atom stereocenters. The lowest BCUT2D eigenvalue weighted by Crippen LogP contribution is -2.48. The van der Waals surface area contributed by atoms with Crippen molar-refractivity contribution >= 4 is 41.3 Å². The van der Waals surface area contributed by atoms with E-state index in [1.165, 1.54) is 14.0 Å². The van der Waals surface area contributed by atoms with Gasteiger partial charge in [-0.2, -0.15) is 0 Å². The van der Waals surface area contributed by atoms with Crippen LogP contribution in [0, 0.1) is 17.8 Å². The van der Waals surface area contributed by atoms with Gasteiger partial charge in [0.05, 0.1) is 32.7 Å². The van der Waals surface area contributed by atoms with Crippen LogP contribution in [0.4, 0.5) is 9.18 Å². The number of halogens is 1. The molecule has 0 spiro atoms. The molecule has 0 aliphatic rings. The standard InChI is InChI=1S/C30H41FN2O10/c1-18(2)28(24(35)14-22(25(36)16-31)15-27(38)42-5)33-29(39)21(11-12-26(37)41-4)13-23(34)19(3)32-30(40)43-17-20-9-7-6-8-10-20/h6-10,18-19,21-22,28H,11-17H2,1-5H3,(H,32,40)(H,33,39)/t19-,21?,22-,28-/m0/s1. The van der Waals surface area contributed by atoms with Gasteiger partial charge in [0.25, 0.3) is 0 Å². The van der Waals surface area contributed by atoms with Crippen LogP contribution in [0.3, 0.4) is 0 Å². The van der Waals surface area contributed by atoms with Crippen LogP contribution in [0.5, 0.6) is 0 Å². The number of carbonyl (C=O) groups is 7. The second kappa shape index (κ2) is 19.1. The molecule has 2 N–H and O–H groups in total. The van der Waals surface area contributed by atoms with Gasteiger partial charge in [0.15, 0.2) is 17.3 Å². The second-order valence-corrected chi connectivity index (χ2v) is 10.4. The molecule has 0 aliphatic heterocycles. The van der Waals surface area contributed by atoms with Gasteiger partial charge in [0.2, 0.25) is 5.91 Å².